The number of nitrogens with zero attached hydrogens (tertiary/aromatic N) is 2. The van der Waals surface area contributed by atoms with E-state index in [-0.39, 0.29) is 6.04 Å². The lowest BCUT2D eigenvalue weighted by Crippen LogP contribution is -2.50. The van der Waals surface area contributed by atoms with E-state index in [2.05, 4.69) is 4.90 Å². The maximum absolute atomic E-state index is 13.6. The number of rotatable bonds is 4. The third-order valence-corrected chi connectivity index (χ3v) is 8.58. The highest BCUT2D eigenvalue weighted by atomic mass is 32.2. The summed E-state index contributed by atoms with van der Waals surface area (Å²) in [5.41, 5.74) is 2.81. The minimum Gasteiger partial charge on any atom is -0.379 e. The highest BCUT2D eigenvalue weighted by Gasteiger charge is 2.35. The molecule has 26 heavy (non-hydrogen) atoms. The first-order chi connectivity index (χ1) is 12.4. The van der Waals surface area contributed by atoms with Crippen molar-refractivity contribution in [3.63, 3.8) is 0 Å². The van der Waals surface area contributed by atoms with E-state index in [4.69, 9.17) is 4.74 Å². The van der Waals surface area contributed by atoms with Crippen LogP contribution in [-0.4, -0.2) is 74.6 Å². The fraction of sp³-hybridized carbons (Fsp3) is 0.684. The van der Waals surface area contributed by atoms with E-state index < -0.39 is 10.0 Å². The van der Waals surface area contributed by atoms with Crippen LogP contribution in [0.1, 0.15) is 23.1 Å². The van der Waals surface area contributed by atoms with E-state index in [9.17, 15) is 8.42 Å². The fourth-order valence-electron chi connectivity index (χ4n) is 4.04. The van der Waals surface area contributed by atoms with Gasteiger partial charge in [-0.2, -0.15) is 16.1 Å². The quantitative estimate of drug-likeness (QED) is 0.780. The molecule has 7 heteroatoms. The molecule has 1 aromatic rings. The van der Waals surface area contributed by atoms with Gasteiger partial charge in [-0.3, -0.25) is 4.90 Å². The van der Waals surface area contributed by atoms with E-state index >= 15 is 0 Å². The molecule has 3 rings (SSSR count). The number of thioether (sulfide) groups is 1. The normalized spacial score (nSPS) is 23.7. The first-order valence-corrected chi connectivity index (χ1v) is 12.0. The number of ether oxygens (including phenoxy) is 1. The summed E-state index contributed by atoms with van der Waals surface area (Å²) in [6.07, 6.45) is 0.910. The summed E-state index contributed by atoms with van der Waals surface area (Å²) in [5, 5.41) is 0. The molecule has 0 radical (unpaired) electrons. The van der Waals surface area contributed by atoms with Gasteiger partial charge in [0.25, 0.3) is 0 Å². The summed E-state index contributed by atoms with van der Waals surface area (Å²) < 4.78 is 34.5. The van der Waals surface area contributed by atoms with Crippen molar-refractivity contribution in [1.29, 1.82) is 0 Å². The number of benzene rings is 1. The van der Waals surface area contributed by atoms with Crippen molar-refractivity contribution in [2.75, 3.05) is 50.9 Å². The molecule has 0 bridgehead atoms. The molecule has 0 amide bonds. The maximum atomic E-state index is 13.6. The van der Waals surface area contributed by atoms with Crippen LogP contribution in [-0.2, 0) is 14.8 Å². The van der Waals surface area contributed by atoms with Crippen LogP contribution >= 0.6 is 11.8 Å². The summed E-state index contributed by atoms with van der Waals surface area (Å²) >= 11 is 1.87. The lowest BCUT2D eigenvalue weighted by molar-refractivity contribution is 0.0309. The topological polar surface area (TPSA) is 49.9 Å². The molecule has 0 N–H and O–H groups in total. The van der Waals surface area contributed by atoms with Crippen molar-refractivity contribution in [2.24, 2.45) is 0 Å². The van der Waals surface area contributed by atoms with Gasteiger partial charge in [-0.15, -0.1) is 0 Å². The summed E-state index contributed by atoms with van der Waals surface area (Å²) in [5.74, 6) is 1.89. The van der Waals surface area contributed by atoms with Crippen molar-refractivity contribution in [1.82, 2.24) is 9.21 Å². The molecule has 2 fully saturated rings. The third-order valence-electron chi connectivity index (χ3n) is 5.13. The van der Waals surface area contributed by atoms with Crippen LogP contribution in [0, 0.1) is 20.8 Å². The number of hydrogen-bond donors (Lipinski definition) is 0. The van der Waals surface area contributed by atoms with E-state index in [0.717, 1.165) is 67.5 Å². The molecule has 0 aromatic heterocycles. The third kappa shape index (κ3) is 4.44. The smallest absolute Gasteiger partial charge is 0.243 e. The maximum Gasteiger partial charge on any atom is 0.243 e. The first kappa shape index (κ1) is 20.1. The van der Waals surface area contributed by atoms with Crippen LogP contribution < -0.4 is 0 Å². The average molecular weight is 399 g/mol. The Morgan fingerprint density at radius 2 is 1.77 bits per heavy atom. The minimum atomic E-state index is -3.50. The summed E-state index contributed by atoms with van der Waals surface area (Å²) in [4.78, 5) is 2.85. The molecular formula is C19H30N2O3S2. The monoisotopic (exact) mass is 398 g/mol. The Morgan fingerprint density at radius 3 is 2.42 bits per heavy atom. The molecule has 1 aromatic carbocycles. The van der Waals surface area contributed by atoms with Crippen LogP contribution in [0.15, 0.2) is 17.0 Å². The molecule has 1 atom stereocenters. The zero-order valence-electron chi connectivity index (χ0n) is 16.0. The molecule has 5 nitrogen and oxygen atoms in total. The van der Waals surface area contributed by atoms with E-state index in [1.165, 1.54) is 0 Å². The Morgan fingerprint density at radius 1 is 1.12 bits per heavy atom. The van der Waals surface area contributed by atoms with E-state index in [1.807, 2.05) is 44.7 Å². The van der Waals surface area contributed by atoms with Crippen LogP contribution in [0.5, 0.6) is 0 Å². The Hall–Kier alpha value is -0.600. The minimum absolute atomic E-state index is 0.0192. The second kappa shape index (κ2) is 8.61. The molecule has 2 aliphatic heterocycles. The highest BCUT2D eigenvalue weighted by molar-refractivity contribution is 7.99. The molecule has 2 aliphatic rings. The zero-order valence-corrected chi connectivity index (χ0v) is 17.7. The van der Waals surface area contributed by atoms with Gasteiger partial charge in [-0.25, -0.2) is 8.42 Å². The van der Waals surface area contributed by atoms with Crippen molar-refractivity contribution in [2.45, 2.75) is 38.1 Å². The molecular weight excluding hydrogens is 368 g/mol. The van der Waals surface area contributed by atoms with Gasteiger partial charge in [-0.05, 0) is 44.1 Å². The largest absolute Gasteiger partial charge is 0.379 e. The van der Waals surface area contributed by atoms with Crippen LogP contribution in [0.2, 0.25) is 0 Å². The Labute approximate surface area is 162 Å². The van der Waals surface area contributed by atoms with Crippen molar-refractivity contribution in [3.05, 3.63) is 28.8 Å². The molecule has 1 unspecified atom stereocenters. The second-order valence-corrected chi connectivity index (χ2v) is 10.3. The van der Waals surface area contributed by atoms with E-state index in [0.29, 0.717) is 11.4 Å². The van der Waals surface area contributed by atoms with Gasteiger partial charge < -0.3 is 4.74 Å². The lowest BCUT2D eigenvalue weighted by Gasteiger charge is -2.35. The van der Waals surface area contributed by atoms with Gasteiger partial charge in [0, 0.05) is 38.0 Å². The molecule has 2 heterocycles. The molecule has 0 spiro atoms. The number of hydrogen-bond acceptors (Lipinski definition) is 5. The molecule has 0 saturated carbocycles. The fourth-order valence-corrected chi connectivity index (χ4v) is 7.26. The van der Waals surface area contributed by atoms with Gasteiger partial charge in [0.2, 0.25) is 10.0 Å². The van der Waals surface area contributed by atoms with Gasteiger partial charge >= 0.3 is 0 Å². The zero-order chi connectivity index (χ0) is 18.7. The number of aryl methyl sites for hydroxylation is 3. The summed E-state index contributed by atoms with van der Waals surface area (Å²) in [7, 11) is -3.50. The van der Waals surface area contributed by atoms with E-state index in [1.54, 1.807) is 4.31 Å². The van der Waals surface area contributed by atoms with Crippen molar-refractivity contribution < 1.29 is 13.2 Å². The molecule has 2 saturated heterocycles. The standard InChI is InChI=1S/C19H30N2O3S2/c1-15-11-16(2)19(17(3)12-15)26(22,23)21-5-4-10-25-14-18(21)13-20-6-8-24-9-7-20/h11-12,18H,4-10,13-14H2,1-3H3. The Balaban J connectivity index is 1.91. The summed E-state index contributed by atoms with van der Waals surface area (Å²) in [6.45, 7) is 10.5. The Kier molecular flexibility index (Phi) is 6.67. The number of morpholine rings is 1. The highest BCUT2D eigenvalue weighted by Crippen LogP contribution is 2.29. The second-order valence-electron chi connectivity index (χ2n) is 7.34. The predicted molar refractivity (Wildman–Crippen MR) is 108 cm³/mol. The molecule has 146 valence electrons. The van der Waals surface area contributed by atoms with Gasteiger partial charge in [0.15, 0.2) is 0 Å². The molecule has 0 aliphatic carbocycles. The van der Waals surface area contributed by atoms with Crippen LogP contribution in [0.25, 0.3) is 0 Å². The van der Waals surface area contributed by atoms with Crippen molar-refractivity contribution >= 4 is 21.8 Å². The number of sulfonamides is 1. The van der Waals surface area contributed by atoms with Crippen LogP contribution in [0.4, 0.5) is 0 Å². The van der Waals surface area contributed by atoms with Crippen molar-refractivity contribution in [3.8, 4) is 0 Å². The van der Waals surface area contributed by atoms with Gasteiger partial charge in [0.1, 0.15) is 0 Å². The summed E-state index contributed by atoms with van der Waals surface area (Å²) in [6, 6.07) is 3.97. The average Bonchev–Trinajstić information content (AvgIpc) is 2.80. The first-order valence-electron chi connectivity index (χ1n) is 9.37. The Bertz CT molecular complexity index is 707. The SMILES string of the molecule is Cc1cc(C)c(S(=O)(=O)N2CCCSCC2CN2CCOCC2)c(C)c1. The van der Waals surface area contributed by atoms with Gasteiger partial charge in [-0.1, -0.05) is 17.7 Å². The van der Waals surface area contributed by atoms with Crippen LogP contribution in [0.3, 0.4) is 0 Å². The lowest BCUT2D eigenvalue weighted by atomic mass is 10.1. The van der Waals surface area contributed by atoms with Gasteiger partial charge in [0.05, 0.1) is 18.1 Å². The predicted octanol–water partition coefficient (Wildman–Crippen LogP) is 2.44.